The molecule has 0 radical (unpaired) electrons. The van der Waals surface area contributed by atoms with Crippen molar-refractivity contribution < 1.29 is 4.79 Å². The van der Waals surface area contributed by atoms with Crippen LogP contribution in [0.25, 0.3) is 11.4 Å². The first kappa shape index (κ1) is 19.6. The fourth-order valence-electron chi connectivity index (χ4n) is 3.57. The van der Waals surface area contributed by atoms with Crippen LogP contribution in [0.5, 0.6) is 0 Å². The predicted molar refractivity (Wildman–Crippen MR) is 108 cm³/mol. The molecule has 3 atom stereocenters. The molecule has 1 N–H and O–H groups in total. The average molecular weight is 386 g/mol. The van der Waals surface area contributed by atoms with E-state index in [1.54, 1.807) is 12.4 Å². The Bertz CT molecular complexity index is 776. The van der Waals surface area contributed by atoms with Gasteiger partial charge in [-0.2, -0.15) is 0 Å². The molecule has 1 amide bonds. The number of rotatable bonds is 7. The van der Waals surface area contributed by atoms with E-state index < -0.39 is 0 Å². The van der Waals surface area contributed by atoms with Gasteiger partial charge in [0, 0.05) is 30.5 Å². The molecule has 144 valence electrons. The van der Waals surface area contributed by atoms with Crippen molar-refractivity contribution in [3.63, 3.8) is 0 Å². The number of hydrogen-bond acceptors (Lipinski definition) is 5. The molecule has 7 heteroatoms. The number of aromatic nitrogens is 4. The van der Waals surface area contributed by atoms with E-state index in [-0.39, 0.29) is 11.9 Å². The van der Waals surface area contributed by atoms with Gasteiger partial charge >= 0.3 is 0 Å². The predicted octanol–water partition coefficient (Wildman–Crippen LogP) is 3.56. The summed E-state index contributed by atoms with van der Waals surface area (Å²) in [5, 5.41) is 12.5. The topological polar surface area (TPSA) is 72.7 Å². The van der Waals surface area contributed by atoms with E-state index in [2.05, 4.69) is 40.9 Å². The molecule has 2 aromatic rings. The van der Waals surface area contributed by atoms with Crippen molar-refractivity contribution in [3.05, 3.63) is 37.2 Å². The number of amides is 1. The summed E-state index contributed by atoms with van der Waals surface area (Å²) in [6, 6.07) is 4.08. The minimum absolute atomic E-state index is 0.0598. The van der Waals surface area contributed by atoms with Crippen LogP contribution in [-0.2, 0) is 11.3 Å². The summed E-state index contributed by atoms with van der Waals surface area (Å²) in [7, 11) is 0. The first-order chi connectivity index (χ1) is 13.1. The number of nitrogens with zero attached hydrogens (tertiary/aromatic N) is 4. The van der Waals surface area contributed by atoms with Crippen molar-refractivity contribution in [2.45, 2.75) is 50.9 Å². The molecule has 2 heterocycles. The average Bonchev–Trinajstić information content (AvgIpc) is 3.07. The molecule has 0 unspecified atom stereocenters. The second-order valence-electron chi connectivity index (χ2n) is 7.17. The number of nitrogens with one attached hydrogen (secondary N) is 1. The van der Waals surface area contributed by atoms with Gasteiger partial charge in [-0.25, -0.2) is 0 Å². The maximum atomic E-state index is 12.5. The van der Waals surface area contributed by atoms with E-state index in [4.69, 9.17) is 0 Å². The first-order valence-electron chi connectivity index (χ1n) is 9.46. The van der Waals surface area contributed by atoms with E-state index in [0.29, 0.717) is 24.1 Å². The Morgan fingerprint density at radius 1 is 1.33 bits per heavy atom. The van der Waals surface area contributed by atoms with Crippen molar-refractivity contribution in [1.82, 2.24) is 25.1 Å². The Kier molecular flexibility index (Phi) is 6.66. The van der Waals surface area contributed by atoms with Crippen molar-refractivity contribution in [1.29, 1.82) is 0 Å². The fourth-order valence-corrected chi connectivity index (χ4v) is 4.33. The molecule has 0 aromatic carbocycles. The zero-order chi connectivity index (χ0) is 19.2. The van der Waals surface area contributed by atoms with Gasteiger partial charge < -0.3 is 5.32 Å². The summed E-state index contributed by atoms with van der Waals surface area (Å²) in [5.41, 5.74) is 0.945. The lowest BCUT2D eigenvalue weighted by atomic mass is 9.78. The molecule has 27 heavy (non-hydrogen) atoms. The lowest BCUT2D eigenvalue weighted by Crippen LogP contribution is -2.44. The minimum Gasteiger partial charge on any atom is -0.352 e. The van der Waals surface area contributed by atoms with Crippen LogP contribution in [0.4, 0.5) is 0 Å². The van der Waals surface area contributed by atoms with Gasteiger partial charge in [-0.3, -0.25) is 14.3 Å². The molecule has 2 aromatic heterocycles. The number of thioether (sulfide) groups is 1. The summed E-state index contributed by atoms with van der Waals surface area (Å²) in [4.78, 5) is 16.5. The maximum absolute atomic E-state index is 12.5. The van der Waals surface area contributed by atoms with Crippen LogP contribution >= 0.6 is 11.8 Å². The summed E-state index contributed by atoms with van der Waals surface area (Å²) in [6.07, 6.45) is 8.78. The van der Waals surface area contributed by atoms with E-state index in [9.17, 15) is 4.79 Å². The van der Waals surface area contributed by atoms with Gasteiger partial charge in [0.05, 0.1) is 5.75 Å². The van der Waals surface area contributed by atoms with Crippen molar-refractivity contribution in [2.75, 3.05) is 5.75 Å². The summed E-state index contributed by atoms with van der Waals surface area (Å²) in [6.45, 7) is 8.92. The number of hydrogen-bond donors (Lipinski definition) is 1. The van der Waals surface area contributed by atoms with Crippen LogP contribution in [-0.4, -0.2) is 37.5 Å². The maximum Gasteiger partial charge on any atom is 0.230 e. The van der Waals surface area contributed by atoms with Crippen LogP contribution in [0, 0.1) is 11.8 Å². The zero-order valence-electron chi connectivity index (χ0n) is 16.0. The third-order valence-corrected chi connectivity index (χ3v) is 6.32. The molecule has 1 aliphatic rings. The Labute approximate surface area is 164 Å². The third-order valence-electron chi connectivity index (χ3n) is 5.35. The number of carbonyl (C=O) groups excluding carboxylic acids is 1. The molecule has 0 aliphatic heterocycles. The summed E-state index contributed by atoms with van der Waals surface area (Å²) in [5.74, 6) is 2.34. The van der Waals surface area contributed by atoms with E-state index in [1.807, 2.05) is 22.8 Å². The van der Waals surface area contributed by atoms with Gasteiger partial charge in [-0.1, -0.05) is 44.5 Å². The summed E-state index contributed by atoms with van der Waals surface area (Å²) < 4.78 is 1.98. The van der Waals surface area contributed by atoms with Gasteiger partial charge in [0.2, 0.25) is 5.91 Å². The number of allylic oxidation sites excluding steroid dienone is 1. The van der Waals surface area contributed by atoms with Crippen molar-refractivity contribution >= 4 is 17.7 Å². The Hall–Kier alpha value is -2.15. The van der Waals surface area contributed by atoms with Crippen LogP contribution in [0.1, 0.15) is 33.1 Å². The molecule has 1 aliphatic carbocycles. The monoisotopic (exact) mass is 385 g/mol. The molecule has 6 nitrogen and oxygen atoms in total. The highest BCUT2D eigenvalue weighted by Crippen LogP contribution is 2.30. The second kappa shape index (κ2) is 9.17. The zero-order valence-corrected chi connectivity index (χ0v) is 16.8. The molecule has 0 spiro atoms. The quantitative estimate of drug-likeness (QED) is 0.583. The van der Waals surface area contributed by atoms with Gasteiger partial charge in [-0.15, -0.1) is 16.8 Å². The van der Waals surface area contributed by atoms with Crippen LogP contribution < -0.4 is 5.32 Å². The molecule has 1 saturated carbocycles. The van der Waals surface area contributed by atoms with Gasteiger partial charge in [0.15, 0.2) is 11.0 Å². The van der Waals surface area contributed by atoms with E-state index in [0.717, 1.165) is 23.0 Å². The smallest absolute Gasteiger partial charge is 0.230 e. The molecule has 3 rings (SSSR count). The standard InChI is InChI=1S/C20H27N5OS/c1-4-12-25-19(16-8-10-21-11-9-16)23-24-20(25)27-13-18(26)22-17-7-5-6-14(2)15(17)3/h4,8-11,14-15,17H,1,5-7,12-13H2,2-3H3,(H,22,26)/t14-,15+,17+/m0/s1. The van der Waals surface area contributed by atoms with Crippen LogP contribution in [0.3, 0.4) is 0 Å². The Morgan fingerprint density at radius 2 is 2.11 bits per heavy atom. The largest absolute Gasteiger partial charge is 0.352 e. The third kappa shape index (κ3) is 4.77. The molecule has 1 fully saturated rings. The van der Waals surface area contributed by atoms with Gasteiger partial charge in [-0.05, 0) is 30.4 Å². The molecular formula is C20H27N5OS. The summed E-state index contributed by atoms with van der Waals surface area (Å²) >= 11 is 1.42. The highest BCUT2D eigenvalue weighted by Gasteiger charge is 2.28. The lowest BCUT2D eigenvalue weighted by Gasteiger charge is -2.34. The van der Waals surface area contributed by atoms with Gasteiger partial charge in [0.1, 0.15) is 0 Å². The minimum atomic E-state index is 0.0598. The van der Waals surface area contributed by atoms with Gasteiger partial charge in [0.25, 0.3) is 0 Å². The SMILES string of the molecule is C=CCn1c(SCC(=O)N[C@@H]2CCC[C@H](C)[C@H]2C)nnc1-c1ccncc1. The molecular weight excluding hydrogens is 358 g/mol. The van der Waals surface area contributed by atoms with Crippen LogP contribution in [0.2, 0.25) is 0 Å². The lowest BCUT2D eigenvalue weighted by molar-refractivity contribution is -0.120. The normalized spacial score (nSPS) is 22.4. The van der Waals surface area contributed by atoms with Crippen LogP contribution in [0.15, 0.2) is 42.3 Å². The highest BCUT2D eigenvalue weighted by atomic mass is 32.2. The van der Waals surface area contributed by atoms with Crippen molar-refractivity contribution in [2.24, 2.45) is 11.8 Å². The fraction of sp³-hybridized carbons (Fsp3) is 0.500. The number of pyridine rings is 1. The second-order valence-corrected chi connectivity index (χ2v) is 8.11. The molecule has 0 saturated heterocycles. The molecule has 0 bridgehead atoms. The van der Waals surface area contributed by atoms with E-state index >= 15 is 0 Å². The Balaban J connectivity index is 1.64. The number of carbonyl (C=O) groups is 1. The highest BCUT2D eigenvalue weighted by molar-refractivity contribution is 7.99. The first-order valence-corrected chi connectivity index (χ1v) is 10.5. The van der Waals surface area contributed by atoms with Crippen molar-refractivity contribution in [3.8, 4) is 11.4 Å². The Morgan fingerprint density at radius 3 is 2.85 bits per heavy atom. The van der Waals surface area contributed by atoms with E-state index in [1.165, 1.54) is 24.6 Å².